The van der Waals surface area contributed by atoms with Crippen LogP contribution in [0.2, 0.25) is 0 Å². The molecule has 17 heavy (non-hydrogen) atoms. The summed E-state index contributed by atoms with van der Waals surface area (Å²) in [5.74, 6) is 0. The molecule has 0 amide bonds. The minimum atomic E-state index is 0.652. The van der Waals surface area contributed by atoms with Gasteiger partial charge in [0.1, 0.15) is 0 Å². The highest BCUT2D eigenvalue weighted by molar-refractivity contribution is 9.10. The molecule has 1 atom stereocenters. The summed E-state index contributed by atoms with van der Waals surface area (Å²) in [6, 6.07) is 2.81. The second kappa shape index (κ2) is 8.65. The molecule has 0 radical (unpaired) electrons. The summed E-state index contributed by atoms with van der Waals surface area (Å²) in [5.41, 5.74) is 1.32. The highest BCUT2D eigenvalue weighted by Crippen LogP contribution is 2.13. The van der Waals surface area contributed by atoms with E-state index >= 15 is 0 Å². The Morgan fingerprint density at radius 2 is 2.06 bits per heavy atom. The van der Waals surface area contributed by atoms with Crippen molar-refractivity contribution in [3.8, 4) is 0 Å². The third kappa shape index (κ3) is 6.18. The van der Waals surface area contributed by atoms with Crippen molar-refractivity contribution in [1.82, 2.24) is 10.3 Å². The Bertz CT molecular complexity index is 315. The molecule has 96 valence electrons. The molecule has 1 aromatic rings. The molecule has 0 aliphatic carbocycles. The van der Waals surface area contributed by atoms with Gasteiger partial charge < -0.3 is 5.32 Å². The number of nitrogens with one attached hydrogen (secondary N) is 1. The van der Waals surface area contributed by atoms with E-state index in [0.717, 1.165) is 17.4 Å². The van der Waals surface area contributed by atoms with Gasteiger partial charge in [-0.25, -0.2) is 0 Å². The van der Waals surface area contributed by atoms with Gasteiger partial charge in [0.25, 0.3) is 0 Å². The lowest BCUT2D eigenvalue weighted by Crippen LogP contribution is -2.30. The van der Waals surface area contributed by atoms with Gasteiger partial charge in [-0.3, -0.25) is 4.98 Å². The van der Waals surface area contributed by atoms with E-state index in [2.05, 4.69) is 46.1 Å². The maximum atomic E-state index is 4.20. The van der Waals surface area contributed by atoms with Gasteiger partial charge in [0.05, 0.1) is 0 Å². The predicted octanol–water partition coefficient (Wildman–Crippen LogP) is 3.95. The van der Waals surface area contributed by atoms with Crippen LogP contribution < -0.4 is 5.32 Å². The summed E-state index contributed by atoms with van der Waals surface area (Å²) >= 11 is 3.46. The van der Waals surface area contributed by atoms with Crippen LogP contribution in [0.5, 0.6) is 0 Å². The largest absolute Gasteiger partial charge is 0.314 e. The lowest BCUT2D eigenvalue weighted by Gasteiger charge is -2.17. The van der Waals surface area contributed by atoms with Crippen molar-refractivity contribution in [2.75, 3.05) is 6.54 Å². The zero-order chi connectivity index (χ0) is 12.5. The van der Waals surface area contributed by atoms with Gasteiger partial charge in [0, 0.05) is 22.9 Å². The number of hydrogen-bond acceptors (Lipinski definition) is 2. The minimum absolute atomic E-state index is 0.652. The predicted molar refractivity (Wildman–Crippen MR) is 77.2 cm³/mol. The number of rotatable bonds is 8. The second-order valence-electron chi connectivity index (χ2n) is 4.49. The Balaban J connectivity index is 2.39. The van der Waals surface area contributed by atoms with Crippen LogP contribution in [0.25, 0.3) is 0 Å². The minimum Gasteiger partial charge on any atom is -0.314 e. The first-order chi connectivity index (χ1) is 8.26. The molecule has 0 fully saturated rings. The monoisotopic (exact) mass is 298 g/mol. The number of hydrogen-bond donors (Lipinski definition) is 1. The van der Waals surface area contributed by atoms with Crippen molar-refractivity contribution >= 4 is 15.9 Å². The topological polar surface area (TPSA) is 24.9 Å². The summed E-state index contributed by atoms with van der Waals surface area (Å²) in [5, 5.41) is 3.62. The van der Waals surface area contributed by atoms with Gasteiger partial charge in [0.2, 0.25) is 0 Å². The normalized spacial score (nSPS) is 12.6. The molecule has 0 saturated heterocycles. The van der Waals surface area contributed by atoms with Gasteiger partial charge in [-0.2, -0.15) is 0 Å². The summed E-state index contributed by atoms with van der Waals surface area (Å²) in [7, 11) is 0. The first-order valence-corrected chi connectivity index (χ1v) is 7.38. The number of aromatic nitrogens is 1. The van der Waals surface area contributed by atoms with Gasteiger partial charge in [-0.15, -0.1) is 0 Å². The third-order valence-electron chi connectivity index (χ3n) is 2.86. The summed E-state index contributed by atoms with van der Waals surface area (Å²) < 4.78 is 1.07. The molecule has 1 N–H and O–H groups in total. The molecular formula is C14H23BrN2. The average molecular weight is 299 g/mol. The van der Waals surface area contributed by atoms with Crippen LogP contribution >= 0.6 is 15.9 Å². The molecule has 0 aliphatic heterocycles. The number of nitrogens with zero attached hydrogens (tertiary/aromatic N) is 1. The molecule has 0 aromatic carbocycles. The van der Waals surface area contributed by atoms with E-state index in [1.807, 2.05) is 12.4 Å². The van der Waals surface area contributed by atoms with Crippen molar-refractivity contribution < 1.29 is 0 Å². The van der Waals surface area contributed by atoms with E-state index in [9.17, 15) is 0 Å². The van der Waals surface area contributed by atoms with Crippen LogP contribution in [0.1, 0.15) is 45.1 Å². The molecule has 0 spiro atoms. The zero-order valence-corrected chi connectivity index (χ0v) is 12.5. The van der Waals surface area contributed by atoms with Crippen molar-refractivity contribution in [2.24, 2.45) is 0 Å². The van der Waals surface area contributed by atoms with E-state index in [1.165, 1.54) is 31.2 Å². The summed E-state index contributed by atoms with van der Waals surface area (Å²) in [4.78, 5) is 4.20. The smallest absolute Gasteiger partial charge is 0.0410 e. The lowest BCUT2D eigenvalue weighted by atomic mass is 10.0. The second-order valence-corrected chi connectivity index (χ2v) is 5.41. The Morgan fingerprint density at radius 3 is 2.71 bits per heavy atom. The lowest BCUT2D eigenvalue weighted by molar-refractivity contribution is 0.448. The first kappa shape index (κ1) is 14.7. The maximum absolute atomic E-state index is 4.20. The van der Waals surface area contributed by atoms with Crippen LogP contribution in [0, 0.1) is 0 Å². The fourth-order valence-corrected chi connectivity index (χ4v) is 2.39. The summed E-state index contributed by atoms with van der Waals surface area (Å²) in [6.07, 6.45) is 9.83. The zero-order valence-electron chi connectivity index (χ0n) is 10.9. The molecule has 0 bridgehead atoms. The molecule has 1 rings (SSSR count). The number of aryl methyl sites for hydroxylation is 1. The van der Waals surface area contributed by atoms with Crippen molar-refractivity contribution in [2.45, 2.75) is 52.0 Å². The van der Waals surface area contributed by atoms with Crippen LogP contribution in [0.3, 0.4) is 0 Å². The average Bonchev–Trinajstić information content (AvgIpc) is 2.33. The molecule has 3 heteroatoms. The van der Waals surface area contributed by atoms with Gasteiger partial charge in [-0.1, -0.05) is 20.3 Å². The Hall–Kier alpha value is -0.410. The van der Waals surface area contributed by atoms with Gasteiger partial charge in [0.15, 0.2) is 0 Å². The van der Waals surface area contributed by atoms with Crippen LogP contribution in [-0.4, -0.2) is 17.6 Å². The Labute approximate surface area is 113 Å². The highest BCUT2D eigenvalue weighted by atomic mass is 79.9. The van der Waals surface area contributed by atoms with Crippen LogP contribution in [-0.2, 0) is 6.42 Å². The van der Waals surface area contributed by atoms with E-state index < -0.39 is 0 Å². The van der Waals surface area contributed by atoms with E-state index in [1.54, 1.807) is 0 Å². The molecule has 1 unspecified atom stereocenters. The quantitative estimate of drug-likeness (QED) is 0.786. The van der Waals surface area contributed by atoms with E-state index in [0.29, 0.717) is 6.04 Å². The number of pyridine rings is 1. The fourth-order valence-electron chi connectivity index (χ4n) is 1.98. The van der Waals surface area contributed by atoms with E-state index in [-0.39, 0.29) is 0 Å². The molecular weight excluding hydrogens is 276 g/mol. The fraction of sp³-hybridized carbons (Fsp3) is 0.643. The summed E-state index contributed by atoms with van der Waals surface area (Å²) in [6.45, 7) is 5.59. The maximum Gasteiger partial charge on any atom is 0.0410 e. The van der Waals surface area contributed by atoms with Crippen molar-refractivity contribution in [3.05, 3.63) is 28.5 Å². The first-order valence-electron chi connectivity index (χ1n) is 6.59. The molecule has 1 aromatic heterocycles. The third-order valence-corrected chi connectivity index (χ3v) is 3.30. The van der Waals surface area contributed by atoms with Gasteiger partial charge >= 0.3 is 0 Å². The highest BCUT2D eigenvalue weighted by Gasteiger charge is 2.06. The van der Waals surface area contributed by atoms with Crippen LogP contribution in [0.4, 0.5) is 0 Å². The molecule has 0 aliphatic rings. The SMILES string of the molecule is CCCNC(CCC)CCc1cncc(Br)c1. The Morgan fingerprint density at radius 1 is 1.24 bits per heavy atom. The van der Waals surface area contributed by atoms with Crippen molar-refractivity contribution in [3.63, 3.8) is 0 Å². The van der Waals surface area contributed by atoms with Crippen molar-refractivity contribution in [1.29, 1.82) is 0 Å². The van der Waals surface area contributed by atoms with Crippen LogP contribution in [0.15, 0.2) is 22.9 Å². The standard InChI is InChI=1S/C14H23BrN2/c1-3-5-14(17-8-4-2)7-6-12-9-13(15)11-16-10-12/h9-11,14,17H,3-8H2,1-2H3. The molecule has 2 nitrogen and oxygen atoms in total. The molecule has 1 heterocycles. The molecule has 0 saturated carbocycles. The Kier molecular flexibility index (Phi) is 7.45. The van der Waals surface area contributed by atoms with Gasteiger partial charge in [-0.05, 0) is 59.8 Å². The number of halogens is 1. The van der Waals surface area contributed by atoms with E-state index in [4.69, 9.17) is 0 Å².